The highest BCUT2D eigenvalue weighted by Crippen LogP contribution is 2.10. The molecule has 0 unspecified atom stereocenters. The Kier molecular flexibility index (Phi) is 4.45. The van der Waals surface area contributed by atoms with Gasteiger partial charge in [-0.2, -0.15) is 4.98 Å². The van der Waals surface area contributed by atoms with E-state index < -0.39 is 0 Å². The van der Waals surface area contributed by atoms with Crippen molar-refractivity contribution in [3.8, 4) is 0 Å². The second-order valence-corrected chi connectivity index (χ2v) is 5.19. The number of hydrogen-bond donors (Lipinski definition) is 2. The number of aryl methyl sites for hydroxylation is 2. The third-order valence-electron chi connectivity index (χ3n) is 2.28. The van der Waals surface area contributed by atoms with Gasteiger partial charge in [-0.05, 0) is 6.92 Å². The zero-order valence-electron chi connectivity index (χ0n) is 11.1. The van der Waals surface area contributed by atoms with Gasteiger partial charge in [0.2, 0.25) is 5.89 Å². The van der Waals surface area contributed by atoms with Gasteiger partial charge in [-0.15, -0.1) is 11.3 Å². The van der Waals surface area contributed by atoms with Crippen molar-refractivity contribution in [2.45, 2.75) is 26.9 Å². The molecule has 2 rings (SSSR count). The zero-order valence-corrected chi connectivity index (χ0v) is 11.9. The second kappa shape index (κ2) is 6.28. The SMILES string of the molecule is CN=C(NCc1noc(C)n1)NCc1ncc(C)s1. The normalized spacial score (nSPS) is 11.6. The van der Waals surface area contributed by atoms with Gasteiger partial charge in [0.1, 0.15) is 5.01 Å². The van der Waals surface area contributed by atoms with Crippen LogP contribution in [0.3, 0.4) is 0 Å². The lowest BCUT2D eigenvalue weighted by molar-refractivity contribution is 0.387. The fraction of sp³-hybridized carbons (Fsp3) is 0.455. The minimum atomic E-state index is 0.466. The van der Waals surface area contributed by atoms with Crippen molar-refractivity contribution in [1.29, 1.82) is 0 Å². The Morgan fingerprint density at radius 1 is 1.37 bits per heavy atom. The van der Waals surface area contributed by atoms with E-state index >= 15 is 0 Å². The molecule has 0 radical (unpaired) electrons. The van der Waals surface area contributed by atoms with Crippen LogP contribution in [0.5, 0.6) is 0 Å². The third-order valence-corrected chi connectivity index (χ3v) is 3.20. The molecule has 0 aliphatic rings. The standard InChI is InChI=1S/C11H16N6OS/c1-7-4-13-10(19-7)6-15-11(12-3)14-5-9-16-8(2)18-17-9/h4H,5-6H2,1-3H3,(H2,12,14,15). The first-order valence-corrected chi connectivity index (χ1v) is 6.64. The molecule has 2 heterocycles. The lowest BCUT2D eigenvalue weighted by Crippen LogP contribution is -2.36. The van der Waals surface area contributed by atoms with Crippen molar-refractivity contribution < 1.29 is 4.52 Å². The first-order chi connectivity index (χ1) is 9.17. The van der Waals surface area contributed by atoms with E-state index in [1.165, 1.54) is 4.88 Å². The Hall–Kier alpha value is -1.96. The summed E-state index contributed by atoms with van der Waals surface area (Å²) < 4.78 is 4.89. The minimum Gasteiger partial charge on any atom is -0.350 e. The first-order valence-electron chi connectivity index (χ1n) is 5.82. The van der Waals surface area contributed by atoms with Gasteiger partial charge in [-0.3, -0.25) is 4.99 Å². The largest absolute Gasteiger partial charge is 0.350 e. The molecule has 19 heavy (non-hydrogen) atoms. The number of hydrogen-bond acceptors (Lipinski definition) is 6. The van der Waals surface area contributed by atoms with Gasteiger partial charge in [-0.25, -0.2) is 4.98 Å². The number of nitrogens with zero attached hydrogens (tertiary/aromatic N) is 4. The Bertz CT molecular complexity index is 515. The number of aliphatic imine (C=N–C) groups is 1. The summed E-state index contributed by atoms with van der Waals surface area (Å²) in [4.78, 5) is 13.7. The quantitative estimate of drug-likeness (QED) is 0.642. The minimum absolute atomic E-state index is 0.466. The molecule has 7 nitrogen and oxygen atoms in total. The first kappa shape index (κ1) is 13.5. The maximum atomic E-state index is 4.89. The fourth-order valence-electron chi connectivity index (χ4n) is 1.44. The van der Waals surface area contributed by atoms with E-state index in [9.17, 15) is 0 Å². The summed E-state index contributed by atoms with van der Waals surface area (Å²) in [5.41, 5.74) is 0. The molecular formula is C11H16N6OS. The highest BCUT2D eigenvalue weighted by molar-refractivity contribution is 7.11. The Morgan fingerprint density at radius 3 is 2.74 bits per heavy atom. The highest BCUT2D eigenvalue weighted by Gasteiger charge is 2.04. The molecule has 0 saturated carbocycles. The lowest BCUT2D eigenvalue weighted by atomic mass is 10.5. The van der Waals surface area contributed by atoms with Crippen LogP contribution in [0.2, 0.25) is 0 Å². The van der Waals surface area contributed by atoms with Crippen molar-refractivity contribution in [2.75, 3.05) is 7.05 Å². The average Bonchev–Trinajstić information content (AvgIpc) is 2.99. The molecule has 0 spiro atoms. The summed E-state index contributed by atoms with van der Waals surface area (Å²) in [6.45, 7) is 4.90. The molecule has 2 aromatic heterocycles. The van der Waals surface area contributed by atoms with Crippen molar-refractivity contribution >= 4 is 17.3 Å². The summed E-state index contributed by atoms with van der Waals surface area (Å²) >= 11 is 1.66. The maximum absolute atomic E-state index is 4.89. The van der Waals surface area contributed by atoms with Gasteiger partial charge < -0.3 is 15.2 Å². The number of nitrogens with one attached hydrogen (secondary N) is 2. The molecule has 0 aliphatic heterocycles. The summed E-state index contributed by atoms with van der Waals surface area (Å²) in [5.74, 6) is 1.83. The summed E-state index contributed by atoms with van der Waals surface area (Å²) in [7, 11) is 1.71. The van der Waals surface area contributed by atoms with E-state index in [4.69, 9.17) is 4.52 Å². The molecule has 2 N–H and O–H groups in total. The van der Waals surface area contributed by atoms with Gasteiger partial charge >= 0.3 is 0 Å². The van der Waals surface area contributed by atoms with Gasteiger partial charge in [0, 0.05) is 25.0 Å². The van der Waals surface area contributed by atoms with Crippen molar-refractivity contribution in [3.05, 3.63) is 27.8 Å². The molecule has 0 aliphatic carbocycles. The maximum Gasteiger partial charge on any atom is 0.223 e. The predicted molar refractivity (Wildman–Crippen MR) is 72.9 cm³/mol. The zero-order chi connectivity index (χ0) is 13.7. The lowest BCUT2D eigenvalue weighted by Gasteiger charge is -2.08. The van der Waals surface area contributed by atoms with E-state index in [1.807, 2.05) is 13.1 Å². The predicted octanol–water partition coefficient (Wildman–Crippen LogP) is 1.01. The van der Waals surface area contributed by atoms with Gasteiger partial charge in [0.15, 0.2) is 11.8 Å². The summed E-state index contributed by atoms with van der Waals surface area (Å²) in [6, 6.07) is 0. The molecule has 0 fully saturated rings. The van der Waals surface area contributed by atoms with Crippen LogP contribution in [-0.2, 0) is 13.1 Å². The number of thiazole rings is 1. The van der Waals surface area contributed by atoms with E-state index in [1.54, 1.807) is 25.3 Å². The van der Waals surface area contributed by atoms with E-state index in [-0.39, 0.29) is 0 Å². The van der Waals surface area contributed by atoms with E-state index in [0.29, 0.717) is 30.8 Å². The molecule has 0 saturated heterocycles. The molecule has 0 atom stereocenters. The van der Waals surface area contributed by atoms with Crippen LogP contribution >= 0.6 is 11.3 Å². The number of rotatable bonds is 4. The smallest absolute Gasteiger partial charge is 0.223 e. The Balaban J connectivity index is 1.80. The average molecular weight is 280 g/mol. The van der Waals surface area contributed by atoms with Crippen LogP contribution in [0.15, 0.2) is 15.7 Å². The Morgan fingerprint density at radius 2 is 2.16 bits per heavy atom. The van der Waals surface area contributed by atoms with E-state index in [0.717, 1.165) is 5.01 Å². The molecule has 8 heteroatoms. The monoisotopic (exact) mass is 280 g/mol. The molecule has 0 amide bonds. The van der Waals surface area contributed by atoms with Crippen LogP contribution in [0.1, 0.15) is 21.6 Å². The van der Waals surface area contributed by atoms with Crippen molar-refractivity contribution in [2.24, 2.45) is 4.99 Å². The van der Waals surface area contributed by atoms with Crippen LogP contribution in [-0.4, -0.2) is 28.1 Å². The molecule has 0 aromatic carbocycles. The van der Waals surface area contributed by atoms with Crippen molar-refractivity contribution in [3.63, 3.8) is 0 Å². The van der Waals surface area contributed by atoms with Crippen LogP contribution in [0.25, 0.3) is 0 Å². The molecule has 102 valence electrons. The molecule has 0 bridgehead atoms. The fourth-order valence-corrected chi connectivity index (χ4v) is 2.17. The third kappa shape index (κ3) is 4.02. The summed E-state index contributed by atoms with van der Waals surface area (Å²) in [5, 5.41) is 11.1. The van der Waals surface area contributed by atoms with Crippen molar-refractivity contribution in [1.82, 2.24) is 25.8 Å². The number of guanidine groups is 1. The van der Waals surface area contributed by atoms with Crippen LogP contribution in [0, 0.1) is 13.8 Å². The van der Waals surface area contributed by atoms with Crippen LogP contribution < -0.4 is 10.6 Å². The van der Waals surface area contributed by atoms with Gasteiger partial charge in [0.05, 0.1) is 13.1 Å². The highest BCUT2D eigenvalue weighted by atomic mass is 32.1. The van der Waals surface area contributed by atoms with Gasteiger partial charge in [0.25, 0.3) is 0 Å². The summed E-state index contributed by atoms with van der Waals surface area (Å²) in [6.07, 6.45) is 1.86. The van der Waals surface area contributed by atoms with Gasteiger partial charge in [-0.1, -0.05) is 5.16 Å². The topological polar surface area (TPSA) is 88.2 Å². The molecular weight excluding hydrogens is 264 g/mol. The number of aromatic nitrogens is 3. The van der Waals surface area contributed by atoms with Crippen LogP contribution in [0.4, 0.5) is 0 Å². The van der Waals surface area contributed by atoms with E-state index in [2.05, 4.69) is 30.8 Å². The second-order valence-electron chi connectivity index (χ2n) is 3.87. The molecule has 2 aromatic rings. The Labute approximate surface area is 115 Å².